The molecule has 3 nitrogen and oxygen atoms in total. The van der Waals surface area contributed by atoms with Gasteiger partial charge in [-0.2, -0.15) is 0 Å². The molecule has 0 saturated heterocycles. The largest absolute Gasteiger partial charge is 0.392 e. The molecule has 2 aromatic carbocycles. The lowest BCUT2D eigenvalue weighted by molar-refractivity contribution is 0.174. The van der Waals surface area contributed by atoms with Crippen LogP contribution in [-0.4, -0.2) is 20.8 Å². The number of hydrogen-bond acceptors (Lipinski definition) is 3. The van der Waals surface area contributed by atoms with Gasteiger partial charge >= 0.3 is 0 Å². The number of rotatable bonds is 6. The molecule has 1 N–H and O–H groups in total. The fraction of sp³-hybridized carbons (Fsp3) is 0.261. The summed E-state index contributed by atoms with van der Waals surface area (Å²) in [7, 11) is 0. The van der Waals surface area contributed by atoms with Crippen molar-refractivity contribution >= 4 is 32.5 Å². The van der Waals surface area contributed by atoms with Crippen LogP contribution in [0, 0.1) is 18.6 Å². The minimum absolute atomic E-state index is 0.0900. The van der Waals surface area contributed by atoms with Crippen LogP contribution in [0.1, 0.15) is 28.8 Å². The number of para-hydroxylation sites is 1. The first kappa shape index (κ1) is 19.7. The molecule has 2 heterocycles. The Hall–Kier alpha value is -2.57. The molecule has 0 aliphatic carbocycles. The lowest BCUT2D eigenvalue weighted by Crippen LogP contribution is -2.12. The zero-order valence-corrected chi connectivity index (χ0v) is 17.2. The molecule has 0 fully saturated rings. The normalized spacial score (nSPS) is 12.7. The first-order chi connectivity index (χ1) is 13.9. The number of hydrogen-bond donors (Lipinski definition) is 1. The summed E-state index contributed by atoms with van der Waals surface area (Å²) in [6.07, 6.45) is 1.81. The summed E-state index contributed by atoms with van der Waals surface area (Å²) in [5.41, 5.74) is 3.48. The summed E-state index contributed by atoms with van der Waals surface area (Å²) in [6, 6.07) is 9.23. The number of aliphatic hydroxyl groups excluding tert-OH is 1. The van der Waals surface area contributed by atoms with Crippen LogP contribution in [0.15, 0.2) is 43.0 Å². The molecule has 1 unspecified atom stereocenters. The van der Waals surface area contributed by atoms with Gasteiger partial charge in [-0.3, -0.25) is 0 Å². The second-order valence-corrected chi connectivity index (χ2v) is 8.41. The second-order valence-electron chi connectivity index (χ2n) is 7.33. The van der Waals surface area contributed by atoms with Crippen LogP contribution in [0.3, 0.4) is 0 Å². The summed E-state index contributed by atoms with van der Waals surface area (Å²) < 4.78 is 31.6. The number of halogens is 2. The number of allylic oxidation sites excluding steroid dienone is 1. The molecule has 0 saturated carbocycles. The Kier molecular flexibility index (Phi) is 5.23. The van der Waals surface area contributed by atoms with Crippen molar-refractivity contribution in [3.63, 3.8) is 0 Å². The number of aliphatic hydroxyl groups is 1. The zero-order valence-electron chi connectivity index (χ0n) is 16.4. The van der Waals surface area contributed by atoms with Crippen LogP contribution >= 0.6 is 11.3 Å². The minimum Gasteiger partial charge on any atom is -0.392 e. The smallest absolute Gasteiger partial charge is 0.154 e. The molecule has 0 aliphatic heterocycles. The quantitative estimate of drug-likeness (QED) is 0.423. The molecule has 0 aliphatic rings. The van der Waals surface area contributed by atoms with Gasteiger partial charge in [-0.05, 0) is 43.5 Å². The summed E-state index contributed by atoms with van der Waals surface area (Å²) in [6.45, 7) is 7.85. The molecule has 0 spiro atoms. The molecule has 29 heavy (non-hydrogen) atoms. The maximum absolute atomic E-state index is 14.8. The van der Waals surface area contributed by atoms with Crippen LogP contribution < -0.4 is 0 Å². The van der Waals surface area contributed by atoms with Crippen molar-refractivity contribution in [3.05, 3.63) is 76.4 Å². The number of aromatic nitrogens is 2. The molecule has 0 radical (unpaired) electrons. The van der Waals surface area contributed by atoms with Crippen LogP contribution in [0.25, 0.3) is 21.1 Å². The zero-order chi connectivity index (χ0) is 20.7. The number of thiazole rings is 1. The molecule has 0 bridgehead atoms. The molecular weight excluding hydrogens is 390 g/mol. The van der Waals surface area contributed by atoms with E-state index in [1.54, 1.807) is 13.0 Å². The van der Waals surface area contributed by atoms with Crippen molar-refractivity contribution in [1.29, 1.82) is 0 Å². The molecule has 2 aromatic heterocycles. The van der Waals surface area contributed by atoms with E-state index in [4.69, 9.17) is 0 Å². The lowest BCUT2D eigenvalue weighted by Gasteiger charge is -2.10. The molecule has 0 amide bonds. The van der Waals surface area contributed by atoms with Crippen molar-refractivity contribution in [2.75, 3.05) is 0 Å². The Balaban J connectivity index is 1.82. The van der Waals surface area contributed by atoms with Gasteiger partial charge in [0.25, 0.3) is 0 Å². The van der Waals surface area contributed by atoms with Gasteiger partial charge in [0, 0.05) is 29.6 Å². The number of fused-ring (bicyclic) bond motifs is 2. The predicted molar refractivity (Wildman–Crippen MR) is 115 cm³/mol. The highest BCUT2D eigenvalue weighted by Gasteiger charge is 2.20. The van der Waals surface area contributed by atoms with E-state index in [1.165, 1.54) is 17.4 Å². The molecule has 150 valence electrons. The van der Waals surface area contributed by atoms with E-state index in [2.05, 4.69) is 16.1 Å². The first-order valence-corrected chi connectivity index (χ1v) is 10.3. The maximum atomic E-state index is 14.8. The first-order valence-electron chi connectivity index (χ1n) is 9.52. The van der Waals surface area contributed by atoms with Crippen molar-refractivity contribution in [2.45, 2.75) is 39.3 Å². The molecule has 4 aromatic rings. The molecule has 1 atom stereocenters. The average Bonchev–Trinajstić information content (AvgIpc) is 3.22. The monoisotopic (exact) mass is 412 g/mol. The Morgan fingerprint density at radius 2 is 2.07 bits per heavy atom. The molecule has 4 rings (SSSR count). The minimum atomic E-state index is -0.480. The average molecular weight is 413 g/mol. The van der Waals surface area contributed by atoms with Gasteiger partial charge in [-0.25, -0.2) is 13.8 Å². The summed E-state index contributed by atoms with van der Waals surface area (Å²) in [5.74, 6) is -0.924. The van der Waals surface area contributed by atoms with Gasteiger partial charge in [-0.15, -0.1) is 17.9 Å². The van der Waals surface area contributed by atoms with Crippen LogP contribution in [-0.2, 0) is 19.4 Å². The van der Waals surface area contributed by atoms with E-state index in [0.29, 0.717) is 18.0 Å². The van der Waals surface area contributed by atoms with E-state index in [0.717, 1.165) is 22.2 Å². The van der Waals surface area contributed by atoms with Crippen molar-refractivity contribution in [2.24, 2.45) is 0 Å². The maximum Gasteiger partial charge on any atom is 0.154 e. The van der Waals surface area contributed by atoms with Gasteiger partial charge in [-0.1, -0.05) is 24.3 Å². The lowest BCUT2D eigenvalue weighted by atomic mass is 10.1. The van der Waals surface area contributed by atoms with E-state index in [9.17, 15) is 13.9 Å². The van der Waals surface area contributed by atoms with Gasteiger partial charge in [0.15, 0.2) is 5.82 Å². The summed E-state index contributed by atoms with van der Waals surface area (Å²) in [5, 5.41) is 11.6. The topological polar surface area (TPSA) is 38.0 Å². The standard InChI is InChI=1S/C23H22F2N2OS/c1-4-7-15-10-18(24)23-22(21(15)25)26-20(29-23)11-17-14(3)27(12-13(2)28)19-9-6-5-8-16(17)19/h4-6,8-10,13,28H,1,7,11-12H2,2-3H3. The van der Waals surface area contributed by atoms with E-state index < -0.39 is 17.7 Å². The SMILES string of the molecule is C=CCc1cc(F)c2sc(Cc3c(C)n(CC(C)O)c4ccccc34)nc2c1F. The van der Waals surface area contributed by atoms with E-state index >= 15 is 0 Å². The fourth-order valence-corrected chi connectivity index (χ4v) is 4.84. The number of benzene rings is 2. The summed E-state index contributed by atoms with van der Waals surface area (Å²) >= 11 is 1.19. The third-order valence-corrected chi connectivity index (χ3v) is 6.24. The van der Waals surface area contributed by atoms with Crippen molar-refractivity contribution < 1.29 is 13.9 Å². The van der Waals surface area contributed by atoms with Crippen LogP contribution in [0.2, 0.25) is 0 Å². The third-order valence-electron chi connectivity index (χ3n) is 5.18. The highest BCUT2D eigenvalue weighted by Crippen LogP contribution is 2.33. The second kappa shape index (κ2) is 7.69. The Bertz CT molecular complexity index is 1220. The Morgan fingerprint density at radius 3 is 2.79 bits per heavy atom. The number of nitrogens with zero attached hydrogens (tertiary/aromatic N) is 2. The third kappa shape index (κ3) is 3.47. The Morgan fingerprint density at radius 1 is 1.31 bits per heavy atom. The van der Waals surface area contributed by atoms with Crippen molar-refractivity contribution in [3.8, 4) is 0 Å². The highest BCUT2D eigenvalue weighted by molar-refractivity contribution is 7.18. The van der Waals surface area contributed by atoms with E-state index in [-0.39, 0.29) is 22.2 Å². The van der Waals surface area contributed by atoms with Crippen LogP contribution in [0.5, 0.6) is 0 Å². The van der Waals surface area contributed by atoms with Crippen molar-refractivity contribution in [1.82, 2.24) is 9.55 Å². The highest BCUT2D eigenvalue weighted by atomic mass is 32.1. The summed E-state index contributed by atoms with van der Waals surface area (Å²) in [4.78, 5) is 4.44. The van der Waals surface area contributed by atoms with E-state index in [1.807, 2.05) is 31.2 Å². The predicted octanol–water partition coefficient (Wildman–Crippen LogP) is 5.54. The molecular formula is C23H22F2N2OS. The molecule has 6 heteroatoms. The Labute approximate surface area is 171 Å². The van der Waals surface area contributed by atoms with Gasteiger partial charge in [0.1, 0.15) is 11.3 Å². The van der Waals surface area contributed by atoms with Crippen LogP contribution in [0.4, 0.5) is 8.78 Å². The van der Waals surface area contributed by atoms with Gasteiger partial charge in [0.2, 0.25) is 0 Å². The fourth-order valence-electron chi connectivity index (χ4n) is 3.87. The van der Waals surface area contributed by atoms with Gasteiger partial charge < -0.3 is 9.67 Å². The van der Waals surface area contributed by atoms with Gasteiger partial charge in [0.05, 0.1) is 15.8 Å².